The Morgan fingerprint density at radius 2 is 2.04 bits per heavy atom. The fourth-order valence-corrected chi connectivity index (χ4v) is 3.20. The number of carbonyl (C=O) groups excluding carboxylic acids is 2. The third-order valence-corrected chi connectivity index (χ3v) is 4.52. The van der Waals surface area contributed by atoms with Crippen LogP contribution in [0.1, 0.15) is 31.2 Å². The summed E-state index contributed by atoms with van der Waals surface area (Å²) < 4.78 is 10.9. The van der Waals surface area contributed by atoms with Crippen LogP contribution in [-0.4, -0.2) is 48.7 Å². The minimum atomic E-state index is -0.435. The molecule has 0 saturated carbocycles. The van der Waals surface area contributed by atoms with Gasteiger partial charge in [-0.25, -0.2) is 4.79 Å². The molecule has 2 fully saturated rings. The molecule has 2 atom stereocenters. The summed E-state index contributed by atoms with van der Waals surface area (Å²) in [6.07, 6.45) is 3.20. The Kier molecular flexibility index (Phi) is 5.69. The molecule has 0 radical (unpaired) electrons. The number of nitrogens with zero attached hydrogens (tertiary/aromatic N) is 1. The van der Waals surface area contributed by atoms with Crippen molar-refractivity contribution in [1.82, 2.24) is 10.2 Å². The second-order valence-corrected chi connectivity index (χ2v) is 6.27. The molecule has 2 unspecified atom stereocenters. The zero-order chi connectivity index (χ0) is 16.8. The molecule has 0 aromatic heterocycles. The molecular weight excluding hydrogens is 308 g/mol. The van der Waals surface area contributed by atoms with Crippen LogP contribution >= 0.6 is 0 Å². The van der Waals surface area contributed by atoms with Crippen LogP contribution in [0.3, 0.4) is 0 Å². The summed E-state index contributed by atoms with van der Waals surface area (Å²) in [5.41, 5.74) is 0.935. The average Bonchev–Trinajstić information content (AvgIpc) is 3.30. The molecule has 2 aliphatic rings. The zero-order valence-corrected chi connectivity index (χ0v) is 13.8. The van der Waals surface area contributed by atoms with E-state index in [4.69, 9.17) is 9.47 Å². The Labute approximate surface area is 142 Å². The Bertz CT molecular complexity index is 557. The van der Waals surface area contributed by atoms with E-state index >= 15 is 0 Å². The molecule has 0 spiro atoms. The fourth-order valence-electron chi connectivity index (χ4n) is 3.20. The molecule has 2 saturated heterocycles. The molecule has 2 heterocycles. The van der Waals surface area contributed by atoms with Gasteiger partial charge in [-0.1, -0.05) is 30.3 Å². The Hall–Kier alpha value is -2.08. The van der Waals surface area contributed by atoms with Crippen molar-refractivity contribution in [3.63, 3.8) is 0 Å². The molecule has 24 heavy (non-hydrogen) atoms. The van der Waals surface area contributed by atoms with Crippen LogP contribution in [-0.2, 0) is 20.9 Å². The summed E-state index contributed by atoms with van der Waals surface area (Å²) in [7, 11) is 0. The fraction of sp³-hybridized carbons (Fsp3) is 0.556. The van der Waals surface area contributed by atoms with Crippen LogP contribution < -0.4 is 5.32 Å². The lowest BCUT2D eigenvalue weighted by molar-refractivity contribution is -0.125. The van der Waals surface area contributed by atoms with Gasteiger partial charge in [0.15, 0.2) is 0 Å². The summed E-state index contributed by atoms with van der Waals surface area (Å²) >= 11 is 0. The summed E-state index contributed by atoms with van der Waals surface area (Å²) in [5, 5.41) is 2.91. The molecule has 3 rings (SSSR count). The number of ether oxygens (including phenoxy) is 2. The van der Waals surface area contributed by atoms with Crippen molar-refractivity contribution in [3.05, 3.63) is 35.9 Å². The van der Waals surface area contributed by atoms with E-state index in [-0.39, 0.29) is 18.6 Å². The smallest absolute Gasteiger partial charge is 0.410 e. The third kappa shape index (κ3) is 4.26. The van der Waals surface area contributed by atoms with Crippen LogP contribution in [0.2, 0.25) is 0 Å². The van der Waals surface area contributed by atoms with Gasteiger partial charge >= 0.3 is 6.09 Å². The highest BCUT2D eigenvalue weighted by molar-refractivity contribution is 5.86. The maximum Gasteiger partial charge on any atom is 0.410 e. The van der Waals surface area contributed by atoms with E-state index in [0.29, 0.717) is 19.5 Å². The molecule has 0 bridgehead atoms. The van der Waals surface area contributed by atoms with Gasteiger partial charge in [-0.15, -0.1) is 0 Å². The van der Waals surface area contributed by atoms with E-state index in [1.54, 1.807) is 0 Å². The maximum absolute atomic E-state index is 12.4. The molecule has 0 aliphatic carbocycles. The largest absolute Gasteiger partial charge is 0.445 e. The van der Waals surface area contributed by atoms with Gasteiger partial charge < -0.3 is 14.8 Å². The minimum Gasteiger partial charge on any atom is -0.445 e. The van der Waals surface area contributed by atoms with Gasteiger partial charge in [0, 0.05) is 19.7 Å². The van der Waals surface area contributed by atoms with E-state index in [1.807, 2.05) is 30.3 Å². The predicted octanol–water partition coefficient (Wildman–Crippen LogP) is 2.08. The van der Waals surface area contributed by atoms with Crippen molar-refractivity contribution in [3.8, 4) is 0 Å². The molecular formula is C18H24N2O4. The number of rotatable bonds is 5. The first-order valence-electron chi connectivity index (χ1n) is 8.60. The predicted molar refractivity (Wildman–Crippen MR) is 88.3 cm³/mol. The lowest BCUT2D eigenvalue weighted by atomic mass is 10.2. The number of amides is 2. The van der Waals surface area contributed by atoms with Crippen LogP contribution in [0.4, 0.5) is 4.79 Å². The van der Waals surface area contributed by atoms with Crippen LogP contribution in [0, 0.1) is 0 Å². The van der Waals surface area contributed by atoms with E-state index < -0.39 is 12.1 Å². The van der Waals surface area contributed by atoms with Gasteiger partial charge in [0.1, 0.15) is 12.6 Å². The van der Waals surface area contributed by atoms with Crippen molar-refractivity contribution in [1.29, 1.82) is 0 Å². The second kappa shape index (κ2) is 8.15. The van der Waals surface area contributed by atoms with Crippen molar-refractivity contribution in [2.45, 2.75) is 44.4 Å². The number of carbonyl (C=O) groups is 2. The first-order valence-corrected chi connectivity index (χ1v) is 8.60. The summed E-state index contributed by atoms with van der Waals surface area (Å²) in [6.45, 7) is 2.07. The Morgan fingerprint density at radius 3 is 2.79 bits per heavy atom. The van der Waals surface area contributed by atoms with E-state index in [1.165, 1.54) is 4.90 Å². The first-order chi connectivity index (χ1) is 11.7. The lowest BCUT2D eigenvalue weighted by Crippen LogP contribution is -2.47. The molecule has 1 aromatic rings. The second-order valence-electron chi connectivity index (χ2n) is 6.27. The highest BCUT2D eigenvalue weighted by Crippen LogP contribution is 2.19. The van der Waals surface area contributed by atoms with Gasteiger partial charge in [0.25, 0.3) is 0 Å². The lowest BCUT2D eigenvalue weighted by Gasteiger charge is -2.24. The molecule has 2 aliphatic heterocycles. The summed E-state index contributed by atoms with van der Waals surface area (Å²) in [5.74, 6) is -0.111. The minimum absolute atomic E-state index is 0.105. The molecule has 2 amide bonds. The summed E-state index contributed by atoms with van der Waals surface area (Å²) in [6, 6.07) is 9.10. The average molecular weight is 332 g/mol. The van der Waals surface area contributed by atoms with Gasteiger partial charge in [0.2, 0.25) is 5.91 Å². The van der Waals surface area contributed by atoms with Crippen molar-refractivity contribution in [2.24, 2.45) is 0 Å². The monoisotopic (exact) mass is 332 g/mol. The van der Waals surface area contributed by atoms with Crippen molar-refractivity contribution in [2.75, 3.05) is 19.7 Å². The van der Waals surface area contributed by atoms with Gasteiger partial charge in [0.05, 0.1) is 6.10 Å². The maximum atomic E-state index is 12.4. The Balaban J connectivity index is 1.48. The SMILES string of the molecule is O=C(NCC1CCCO1)C1CCCN1C(=O)OCc1ccccc1. The van der Waals surface area contributed by atoms with E-state index in [0.717, 1.165) is 31.4 Å². The molecule has 6 nitrogen and oxygen atoms in total. The molecule has 1 aromatic carbocycles. The number of likely N-dealkylation sites (tertiary alicyclic amines) is 1. The topological polar surface area (TPSA) is 67.9 Å². The highest BCUT2D eigenvalue weighted by Gasteiger charge is 2.35. The van der Waals surface area contributed by atoms with Crippen LogP contribution in [0.15, 0.2) is 30.3 Å². The third-order valence-electron chi connectivity index (χ3n) is 4.52. The summed E-state index contributed by atoms with van der Waals surface area (Å²) in [4.78, 5) is 26.2. The molecule has 1 N–H and O–H groups in total. The van der Waals surface area contributed by atoms with Crippen molar-refractivity contribution >= 4 is 12.0 Å². The Morgan fingerprint density at radius 1 is 1.21 bits per heavy atom. The first kappa shape index (κ1) is 16.8. The number of nitrogens with one attached hydrogen (secondary N) is 1. The van der Waals surface area contributed by atoms with Crippen LogP contribution in [0.25, 0.3) is 0 Å². The highest BCUT2D eigenvalue weighted by atomic mass is 16.6. The number of hydrogen-bond acceptors (Lipinski definition) is 4. The van der Waals surface area contributed by atoms with Crippen molar-refractivity contribution < 1.29 is 19.1 Å². The van der Waals surface area contributed by atoms with Gasteiger partial charge in [-0.3, -0.25) is 9.69 Å². The van der Waals surface area contributed by atoms with E-state index in [9.17, 15) is 9.59 Å². The number of hydrogen-bond donors (Lipinski definition) is 1. The van der Waals surface area contributed by atoms with Crippen LogP contribution in [0.5, 0.6) is 0 Å². The van der Waals surface area contributed by atoms with E-state index in [2.05, 4.69) is 5.32 Å². The van der Waals surface area contributed by atoms with Gasteiger partial charge in [-0.05, 0) is 31.2 Å². The number of benzene rings is 1. The quantitative estimate of drug-likeness (QED) is 0.896. The zero-order valence-electron chi connectivity index (χ0n) is 13.8. The normalized spacial score (nSPS) is 23.2. The molecule has 6 heteroatoms. The van der Waals surface area contributed by atoms with Gasteiger partial charge in [-0.2, -0.15) is 0 Å². The standard InChI is InChI=1S/C18H24N2O4/c21-17(19-12-15-8-5-11-23-15)16-9-4-10-20(16)18(22)24-13-14-6-2-1-3-7-14/h1-3,6-7,15-16H,4-5,8-13H2,(H,19,21). The molecule has 130 valence electrons.